The molecule has 8 N–H and O–H groups in total. The molecule has 0 radical (unpaired) electrons. The number of carboxylic acids is 1. The Labute approximate surface area is 228 Å². The van der Waals surface area contributed by atoms with Gasteiger partial charge in [-0.25, -0.2) is 4.79 Å². The summed E-state index contributed by atoms with van der Waals surface area (Å²) in [5, 5.41) is 17.2. The van der Waals surface area contributed by atoms with Gasteiger partial charge in [-0.05, 0) is 30.5 Å². The van der Waals surface area contributed by atoms with Crippen molar-refractivity contribution in [3.05, 3.63) is 71.8 Å². The van der Waals surface area contributed by atoms with Gasteiger partial charge < -0.3 is 32.5 Å². The number of nitrogens with one attached hydrogen (secondary N) is 3. The summed E-state index contributed by atoms with van der Waals surface area (Å²) in [6.07, 6.45) is 2.11. The number of unbranched alkanes of at least 4 members (excludes halogenated alkanes) is 1. The van der Waals surface area contributed by atoms with Crippen molar-refractivity contribution in [1.82, 2.24) is 16.0 Å². The van der Waals surface area contributed by atoms with E-state index in [1.807, 2.05) is 36.4 Å². The summed E-state index contributed by atoms with van der Waals surface area (Å²) in [7, 11) is 0. The largest absolute Gasteiger partial charge is 0.480 e. The van der Waals surface area contributed by atoms with Crippen LogP contribution < -0.4 is 27.4 Å². The van der Waals surface area contributed by atoms with Crippen LogP contribution in [-0.4, -0.2) is 65.3 Å². The molecule has 2 aromatic carbocycles. The first-order chi connectivity index (χ1) is 18.2. The molecule has 38 heavy (non-hydrogen) atoms. The molecule has 4 atom stereocenters. The quantitative estimate of drug-likeness (QED) is 0.118. The Morgan fingerprint density at radius 1 is 0.737 bits per heavy atom. The lowest BCUT2D eigenvalue weighted by molar-refractivity contribution is -0.141. The summed E-state index contributed by atoms with van der Waals surface area (Å²) in [6.45, 7) is 0.494. The van der Waals surface area contributed by atoms with E-state index < -0.39 is 47.9 Å². The zero-order valence-corrected chi connectivity index (χ0v) is 22.1. The van der Waals surface area contributed by atoms with Gasteiger partial charge in [0.1, 0.15) is 18.1 Å². The summed E-state index contributed by atoms with van der Waals surface area (Å²) in [5.74, 6) is -3.11. The third kappa shape index (κ3) is 10.5. The van der Waals surface area contributed by atoms with E-state index in [4.69, 9.17) is 11.5 Å². The lowest BCUT2D eigenvalue weighted by atomic mass is 10.0. The van der Waals surface area contributed by atoms with Gasteiger partial charge in [-0.3, -0.25) is 14.4 Å². The van der Waals surface area contributed by atoms with Crippen molar-refractivity contribution in [3.8, 4) is 0 Å². The number of aliphatic carboxylic acids is 1. The molecular formula is C27H37N5O5S. The average molecular weight is 544 g/mol. The second kappa shape index (κ2) is 16.4. The van der Waals surface area contributed by atoms with Crippen molar-refractivity contribution < 1.29 is 24.3 Å². The Hall–Kier alpha value is -3.41. The molecule has 0 aliphatic heterocycles. The first-order valence-electron chi connectivity index (χ1n) is 12.5. The average Bonchev–Trinajstić information content (AvgIpc) is 2.91. The van der Waals surface area contributed by atoms with Crippen LogP contribution in [-0.2, 0) is 32.0 Å². The van der Waals surface area contributed by atoms with Gasteiger partial charge in [0, 0.05) is 18.6 Å². The molecule has 0 spiro atoms. The van der Waals surface area contributed by atoms with Gasteiger partial charge in [-0.15, -0.1) is 0 Å². The lowest BCUT2D eigenvalue weighted by Crippen LogP contribution is -2.58. The number of thiol groups is 1. The summed E-state index contributed by atoms with van der Waals surface area (Å²) in [4.78, 5) is 50.8. The fraction of sp³-hybridized carbons (Fsp3) is 0.407. The Kier molecular flexibility index (Phi) is 13.3. The number of amides is 3. The first kappa shape index (κ1) is 30.8. The van der Waals surface area contributed by atoms with Gasteiger partial charge in [0.05, 0.1) is 6.04 Å². The number of carbonyl (C=O) groups is 4. The van der Waals surface area contributed by atoms with Crippen molar-refractivity contribution in [1.29, 1.82) is 0 Å². The van der Waals surface area contributed by atoms with Crippen LogP contribution in [0.3, 0.4) is 0 Å². The molecule has 3 amide bonds. The summed E-state index contributed by atoms with van der Waals surface area (Å²) in [5.41, 5.74) is 13.1. The van der Waals surface area contributed by atoms with E-state index in [0.717, 1.165) is 17.5 Å². The van der Waals surface area contributed by atoms with Crippen LogP contribution in [0.4, 0.5) is 0 Å². The predicted molar refractivity (Wildman–Crippen MR) is 148 cm³/mol. The maximum Gasteiger partial charge on any atom is 0.327 e. The highest BCUT2D eigenvalue weighted by atomic mass is 32.1. The number of hydrogen-bond acceptors (Lipinski definition) is 7. The smallest absolute Gasteiger partial charge is 0.327 e. The highest BCUT2D eigenvalue weighted by Crippen LogP contribution is 2.08. The minimum Gasteiger partial charge on any atom is -0.480 e. The molecule has 206 valence electrons. The monoisotopic (exact) mass is 543 g/mol. The maximum atomic E-state index is 13.5. The SMILES string of the molecule is NCCCCC(N)C(=O)NC(Cc1ccccc1)C(=O)NC(Cc1ccccc1)C(=O)NC(CS)C(=O)O. The number of nitrogens with two attached hydrogens (primary N) is 2. The fourth-order valence-electron chi connectivity index (χ4n) is 3.77. The van der Waals surface area contributed by atoms with Crippen molar-refractivity contribution in [2.24, 2.45) is 11.5 Å². The minimum absolute atomic E-state index is 0.113. The molecule has 0 aliphatic carbocycles. The van der Waals surface area contributed by atoms with Crippen LogP contribution in [0.15, 0.2) is 60.7 Å². The number of rotatable bonds is 16. The van der Waals surface area contributed by atoms with E-state index in [0.29, 0.717) is 19.4 Å². The molecule has 0 saturated heterocycles. The van der Waals surface area contributed by atoms with Crippen LogP contribution in [0, 0.1) is 0 Å². The molecule has 0 aromatic heterocycles. The van der Waals surface area contributed by atoms with Crippen LogP contribution in [0.2, 0.25) is 0 Å². The minimum atomic E-state index is -1.24. The van der Waals surface area contributed by atoms with Crippen molar-refractivity contribution in [2.45, 2.75) is 56.3 Å². The predicted octanol–water partition coefficient (Wildman–Crippen LogP) is 0.397. The zero-order valence-electron chi connectivity index (χ0n) is 21.2. The van der Waals surface area contributed by atoms with E-state index in [1.165, 1.54) is 0 Å². The molecule has 2 aromatic rings. The first-order valence-corrected chi connectivity index (χ1v) is 13.2. The number of hydrogen-bond donors (Lipinski definition) is 7. The zero-order chi connectivity index (χ0) is 27.9. The van der Waals surface area contributed by atoms with E-state index in [1.54, 1.807) is 24.3 Å². The molecule has 0 heterocycles. The van der Waals surface area contributed by atoms with Gasteiger partial charge in [0.25, 0.3) is 0 Å². The van der Waals surface area contributed by atoms with Crippen LogP contribution in [0.25, 0.3) is 0 Å². The molecular weight excluding hydrogens is 506 g/mol. The van der Waals surface area contributed by atoms with Crippen molar-refractivity contribution >= 4 is 36.3 Å². The topological polar surface area (TPSA) is 177 Å². The number of carbonyl (C=O) groups excluding carboxylic acids is 3. The van der Waals surface area contributed by atoms with Gasteiger partial charge in [0.15, 0.2) is 0 Å². The molecule has 0 saturated carbocycles. The van der Waals surface area contributed by atoms with Crippen LogP contribution in [0.5, 0.6) is 0 Å². The standard InChI is InChI=1S/C27H37N5O5S/c28-14-8-7-13-20(29)24(33)30-21(15-18-9-3-1-4-10-18)25(34)31-22(16-19-11-5-2-6-12-19)26(35)32-23(17-38)27(36)37/h1-6,9-12,20-23,38H,7-8,13-17,28-29H2,(H,30,33)(H,31,34)(H,32,35)(H,36,37). The fourth-order valence-corrected chi connectivity index (χ4v) is 4.01. The van der Waals surface area contributed by atoms with Gasteiger partial charge in [-0.1, -0.05) is 67.1 Å². The van der Waals surface area contributed by atoms with E-state index >= 15 is 0 Å². The maximum absolute atomic E-state index is 13.5. The molecule has 4 unspecified atom stereocenters. The van der Waals surface area contributed by atoms with E-state index in [9.17, 15) is 24.3 Å². The highest BCUT2D eigenvalue weighted by Gasteiger charge is 2.30. The van der Waals surface area contributed by atoms with Gasteiger partial charge in [-0.2, -0.15) is 12.6 Å². The van der Waals surface area contributed by atoms with E-state index in [-0.39, 0.29) is 18.6 Å². The third-order valence-corrected chi connectivity index (χ3v) is 6.30. The Bertz CT molecular complexity index is 1040. The molecule has 0 fully saturated rings. The molecule has 10 nitrogen and oxygen atoms in total. The van der Waals surface area contributed by atoms with Crippen LogP contribution >= 0.6 is 12.6 Å². The second-order valence-electron chi connectivity index (χ2n) is 8.97. The van der Waals surface area contributed by atoms with Gasteiger partial charge >= 0.3 is 5.97 Å². The summed E-state index contributed by atoms with van der Waals surface area (Å²) < 4.78 is 0. The normalized spacial score (nSPS) is 14.0. The van der Waals surface area contributed by atoms with Crippen LogP contribution in [0.1, 0.15) is 30.4 Å². The van der Waals surface area contributed by atoms with Crippen molar-refractivity contribution in [3.63, 3.8) is 0 Å². The lowest BCUT2D eigenvalue weighted by Gasteiger charge is -2.25. The Balaban J connectivity index is 2.24. The third-order valence-electron chi connectivity index (χ3n) is 5.93. The van der Waals surface area contributed by atoms with E-state index in [2.05, 4.69) is 28.6 Å². The number of carboxylic acid groups (broad SMARTS) is 1. The van der Waals surface area contributed by atoms with Crippen molar-refractivity contribution in [2.75, 3.05) is 12.3 Å². The Morgan fingerprint density at radius 3 is 1.61 bits per heavy atom. The molecule has 2 rings (SSSR count). The second-order valence-corrected chi connectivity index (χ2v) is 9.34. The molecule has 0 aliphatic rings. The van der Waals surface area contributed by atoms with Gasteiger partial charge in [0.2, 0.25) is 17.7 Å². The number of benzene rings is 2. The Morgan fingerprint density at radius 2 is 1.18 bits per heavy atom. The summed E-state index contributed by atoms with van der Waals surface area (Å²) in [6, 6.07) is 14.0. The molecule has 0 bridgehead atoms. The highest BCUT2D eigenvalue weighted by molar-refractivity contribution is 7.80. The summed E-state index contributed by atoms with van der Waals surface area (Å²) >= 11 is 3.99. The molecule has 11 heteroatoms.